The Bertz CT molecular complexity index is 1580. The molecule has 0 aliphatic carbocycles. The summed E-state index contributed by atoms with van der Waals surface area (Å²) in [4.78, 5) is 3.17. The van der Waals surface area contributed by atoms with Gasteiger partial charge in [0.15, 0.2) is 5.13 Å². The van der Waals surface area contributed by atoms with Crippen LogP contribution < -0.4 is 14.4 Å². The first kappa shape index (κ1) is 27.7. The van der Waals surface area contributed by atoms with Gasteiger partial charge in [-0.2, -0.15) is 4.39 Å². The summed E-state index contributed by atoms with van der Waals surface area (Å²) in [5.41, 5.74) is 1.69. The Balaban J connectivity index is 1.71. The predicted molar refractivity (Wildman–Crippen MR) is 143 cm³/mol. The summed E-state index contributed by atoms with van der Waals surface area (Å²) in [5, 5.41) is 1.94. The van der Waals surface area contributed by atoms with E-state index in [0.29, 0.717) is 33.8 Å². The molecule has 0 radical (unpaired) electrons. The van der Waals surface area contributed by atoms with Gasteiger partial charge < -0.3 is 10.1 Å². The van der Waals surface area contributed by atoms with Gasteiger partial charge in [0.25, 0.3) is 10.0 Å². The average Bonchev–Trinajstić information content (AvgIpc) is 3.30. The number of aryl methyl sites for hydroxylation is 1. The molecule has 0 unspecified atom stereocenters. The number of sulfonamides is 1. The number of aromatic nitrogens is 1. The molecule has 200 valence electrons. The zero-order valence-corrected chi connectivity index (χ0v) is 22.9. The molecule has 6 nitrogen and oxygen atoms in total. The monoisotopic (exact) mass is 581 g/mol. The van der Waals surface area contributed by atoms with Crippen LogP contribution in [0.5, 0.6) is 5.75 Å². The van der Waals surface area contributed by atoms with Crippen molar-refractivity contribution in [3.63, 3.8) is 0 Å². The fraction of sp³-hybridized carbons (Fsp3) is 0.192. The normalized spacial score (nSPS) is 12.3. The zero-order valence-electron chi connectivity index (χ0n) is 20.5. The van der Waals surface area contributed by atoms with Gasteiger partial charge in [-0.3, -0.25) is 0 Å². The SMILES string of the molecule is COc1ccc(CN(c2ncc(F)s2)S(=O)(=O)c2cc(Cl)c(N[C@@H](C)c3ccccc3F)cc2F)c(C)c1. The summed E-state index contributed by atoms with van der Waals surface area (Å²) < 4.78 is 76.9. The highest BCUT2D eigenvalue weighted by Crippen LogP contribution is 2.36. The Morgan fingerprint density at radius 1 is 1.11 bits per heavy atom. The maximum atomic E-state index is 15.4. The number of hydrogen-bond donors (Lipinski definition) is 1. The predicted octanol–water partition coefficient (Wildman–Crippen LogP) is 7.10. The zero-order chi connectivity index (χ0) is 27.6. The van der Waals surface area contributed by atoms with Crippen LogP contribution in [0.1, 0.15) is 29.7 Å². The molecule has 0 amide bonds. The maximum Gasteiger partial charge on any atom is 0.269 e. The standard InChI is InChI=1S/C26H23ClF3N3O3S2/c1-15-10-18(36-3)9-8-17(15)14-33(26-31-13-25(30)37-26)38(34,35)24-11-20(27)23(12-22(24)29)32-16(2)19-6-4-5-7-21(19)28/h4-13,16,32H,14H2,1-3H3/t16-/m0/s1. The quantitative estimate of drug-likeness (QED) is 0.228. The maximum absolute atomic E-state index is 15.4. The molecule has 12 heteroatoms. The lowest BCUT2D eigenvalue weighted by Crippen LogP contribution is -2.31. The molecule has 0 aliphatic heterocycles. The van der Waals surface area contributed by atoms with Crippen molar-refractivity contribution < 1.29 is 26.3 Å². The van der Waals surface area contributed by atoms with Gasteiger partial charge in [0.1, 0.15) is 22.3 Å². The van der Waals surface area contributed by atoms with Crippen LogP contribution >= 0.6 is 22.9 Å². The summed E-state index contributed by atoms with van der Waals surface area (Å²) in [5.74, 6) is -0.971. The van der Waals surface area contributed by atoms with Crippen molar-refractivity contribution in [2.75, 3.05) is 16.7 Å². The summed E-state index contributed by atoms with van der Waals surface area (Å²) in [6, 6.07) is 12.4. The van der Waals surface area contributed by atoms with Crippen molar-refractivity contribution in [2.24, 2.45) is 0 Å². The Morgan fingerprint density at radius 3 is 2.47 bits per heavy atom. The number of methoxy groups -OCH3 is 1. The van der Waals surface area contributed by atoms with Gasteiger partial charge in [-0.15, -0.1) is 0 Å². The van der Waals surface area contributed by atoms with Gasteiger partial charge in [-0.05, 0) is 55.3 Å². The Morgan fingerprint density at radius 2 is 1.84 bits per heavy atom. The first-order chi connectivity index (χ1) is 18.0. The van der Waals surface area contributed by atoms with Gasteiger partial charge in [0.05, 0.1) is 36.6 Å². The summed E-state index contributed by atoms with van der Waals surface area (Å²) in [6.07, 6.45) is 0.893. The number of hydrogen-bond acceptors (Lipinski definition) is 6. The Kier molecular flexibility index (Phi) is 8.19. The molecule has 0 spiro atoms. The highest BCUT2D eigenvalue weighted by molar-refractivity contribution is 7.93. The van der Waals surface area contributed by atoms with E-state index in [-0.39, 0.29) is 22.4 Å². The fourth-order valence-electron chi connectivity index (χ4n) is 3.84. The molecule has 4 rings (SSSR count). The highest BCUT2D eigenvalue weighted by atomic mass is 35.5. The first-order valence-electron chi connectivity index (χ1n) is 11.3. The third-order valence-corrected chi connectivity index (χ3v) is 8.86. The van der Waals surface area contributed by atoms with E-state index >= 15 is 4.39 Å². The average molecular weight is 582 g/mol. The smallest absolute Gasteiger partial charge is 0.269 e. The van der Waals surface area contributed by atoms with E-state index in [4.69, 9.17) is 16.3 Å². The molecule has 4 aromatic rings. The molecule has 0 saturated heterocycles. The highest BCUT2D eigenvalue weighted by Gasteiger charge is 2.32. The number of nitrogens with zero attached hydrogens (tertiary/aromatic N) is 2. The number of anilines is 2. The van der Waals surface area contributed by atoms with Gasteiger partial charge >= 0.3 is 0 Å². The minimum atomic E-state index is -4.59. The minimum Gasteiger partial charge on any atom is -0.497 e. The van der Waals surface area contributed by atoms with Crippen LogP contribution in [-0.2, 0) is 16.6 Å². The van der Waals surface area contributed by atoms with Crippen molar-refractivity contribution in [1.29, 1.82) is 0 Å². The van der Waals surface area contributed by atoms with E-state index in [1.807, 2.05) is 0 Å². The lowest BCUT2D eigenvalue weighted by molar-refractivity contribution is 0.414. The van der Waals surface area contributed by atoms with E-state index in [1.54, 1.807) is 50.2 Å². The number of nitrogens with one attached hydrogen (secondary N) is 1. The molecular weight excluding hydrogens is 559 g/mol. The molecule has 1 aromatic heterocycles. The Labute approximate surface area is 227 Å². The van der Waals surface area contributed by atoms with Gasteiger partial charge in [0.2, 0.25) is 5.13 Å². The summed E-state index contributed by atoms with van der Waals surface area (Å²) in [6.45, 7) is 3.18. The van der Waals surface area contributed by atoms with Crippen LogP contribution in [-0.4, -0.2) is 20.5 Å². The van der Waals surface area contributed by atoms with E-state index in [1.165, 1.54) is 13.2 Å². The number of ether oxygens (including phenoxy) is 1. The third-order valence-electron chi connectivity index (χ3n) is 5.88. The van der Waals surface area contributed by atoms with Crippen LogP contribution in [0.15, 0.2) is 65.7 Å². The summed E-state index contributed by atoms with van der Waals surface area (Å²) in [7, 11) is -3.09. The number of rotatable bonds is 9. The van der Waals surface area contributed by atoms with Crippen LogP contribution in [0.25, 0.3) is 0 Å². The van der Waals surface area contributed by atoms with E-state index in [2.05, 4.69) is 10.3 Å². The second kappa shape index (κ2) is 11.2. The number of halogens is 4. The van der Waals surface area contributed by atoms with Crippen molar-refractivity contribution >= 4 is 43.8 Å². The molecule has 1 heterocycles. The molecule has 0 fully saturated rings. The summed E-state index contributed by atoms with van der Waals surface area (Å²) >= 11 is 6.87. The molecule has 1 N–H and O–H groups in total. The second-order valence-electron chi connectivity index (χ2n) is 8.40. The van der Waals surface area contributed by atoms with Crippen LogP contribution in [0.4, 0.5) is 24.0 Å². The van der Waals surface area contributed by atoms with Crippen molar-refractivity contribution in [3.05, 3.63) is 99.3 Å². The van der Waals surface area contributed by atoms with Crippen molar-refractivity contribution in [2.45, 2.75) is 31.3 Å². The molecule has 3 aromatic carbocycles. The van der Waals surface area contributed by atoms with Crippen molar-refractivity contribution in [1.82, 2.24) is 4.98 Å². The van der Waals surface area contributed by atoms with E-state index in [0.717, 1.165) is 22.6 Å². The minimum absolute atomic E-state index is 0.0803. The lowest BCUT2D eigenvalue weighted by Gasteiger charge is -2.24. The molecule has 1 atom stereocenters. The van der Waals surface area contributed by atoms with Crippen LogP contribution in [0, 0.1) is 23.7 Å². The topological polar surface area (TPSA) is 71.5 Å². The number of benzene rings is 3. The number of thiazole rings is 1. The second-order valence-corrected chi connectivity index (χ2v) is 11.6. The Hall–Kier alpha value is -3.28. The van der Waals surface area contributed by atoms with E-state index in [9.17, 15) is 17.2 Å². The van der Waals surface area contributed by atoms with Gasteiger partial charge in [-0.1, -0.05) is 47.2 Å². The van der Waals surface area contributed by atoms with E-state index < -0.39 is 37.7 Å². The van der Waals surface area contributed by atoms with Gasteiger partial charge in [-0.25, -0.2) is 26.5 Å². The van der Waals surface area contributed by atoms with Crippen LogP contribution in [0.3, 0.4) is 0 Å². The van der Waals surface area contributed by atoms with Crippen LogP contribution in [0.2, 0.25) is 5.02 Å². The largest absolute Gasteiger partial charge is 0.497 e. The molecule has 0 saturated carbocycles. The fourth-order valence-corrected chi connectivity index (χ4v) is 6.45. The molecule has 0 bridgehead atoms. The van der Waals surface area contributed by atoms with Crippen molar-refractivity contribution in [3.8, 4) is 5.75 Å². The lowest BCUT2D eigenvalue weighted by atomic mass is 10.1. The first-order valence-corrected chi connectivity index (χ1v) is 13.9. The molecular formula is C26H23ClF3N3O3S2. The molecule has 38 heavy (non-hydrogen) atoms. The molecule has 0 aliphatic rings. The third kappa shape index (κ3) is 5.74. The van der Waals surface area contributed by atoms with Gasteiger partial charge in [0, 0.05) is 5.56 Å².